The van der Waals surface area contributed by atoms with Crippen molar-refractivity contribution in [3.8, 4) is 0 Å². The smallest absolute Gasteiger partial charge is 0.320 e. The Kier molecular flexibility index (Phi) is 4.08. The monoisotopic (exact) mass is 294 g/mol. The predicted octanol–water partition coefficient (Wildman–Crippen LogP) is 2.67. The Morgan fingerprint density at radius 2 is 2.20 bits per heavy atom. The van der Waals surface area contributed by atoms with Crippen molar-refractivity contribution in [1.29, 1.82) is 0 Å². The van der Waals surface area contributed by atoms with Crippen molar-refractivity contribution in [3.05, 3.63) is 15.6 Å². The number of fused-ring (bicyclic) bond motifs is 1. The summed E-state index contributed by atoms with van der Waals surface area (Å²) >= 11 is 1.88. The van der Waals surface area contributed by atoms with Crippen molar-refractivity contribution in [2.24, 2.45) is 0 Å². The fraction of sp³-hybridized carbons (Fsp3) is 0.733. The maximum Gasteiger partial charge on any atom is 0.320 e. The number of nitrogens with zero attached hydrogens (tertiary/aromatic N) is 2. The second-order valence-corrected chi connectivity index (χ2v) is 7.09. The van der Waals surface area contributed by atoms with E-state index >= 15 is 0 Å². The van der Waals surface area contributed by atoms with Gasteiger partial charge < -0.3 is 5.11 Å². The Labute approximate surface area is 123 Å². The van der Waals surface area contributed by atoms with Crippen LogP contribution in [0.2, 0.25) is 0 Å². The molecule has 4 nitrogen and oxygen atoms in total. The van der Waals surface area contributed by atoms with Gasteiger partial charge in [0.1, 0.15) is 6.04 Å². The number of rotatable bonds is 3. The van der Waals surface area contributed by atoms with Gasteiger partial charge in [-0.25, -0.2) is 4.98 Å². The van der Waals surface area contributed by atoms with Gasteiger partial charge in [-0.2, -0.15) is 0 Å². The first-order chi connectivity index (χ1) is 9.65. The maximum absolute atomic E-state index is 11.1. The van der Waals surface area contributed by atoms with Crippen LogP contribution in [0.4, 0.5) is 0 Å². The molecule has 0 amide bonds. The van der Waals surface area contributed by atoms with Gasteiger partial charge in [-0.1, -0.05) is 0 Å². The van der Waals surface area contributed by atoms with Crippen LogP contribution in [0.1, 0.15) is 54.1 Å². The molecule has 1 aliphatic heterocycles. The number of aromatic nitrogens is 1. The van der Waals surface area contributed by atoms with Crippen molar-refractivity contribution in [2.45, 2.75) is 57.4 Å². The first-order valence-electron chi connectivity index (χ1n) is 7.60. The van der Waals surface area contributed by atoms with E-state index in [0.29, 0.717) is 5.92 Å². The third-order valence-electron chi connectivity index (χ3n) is 4.57. The van der Waals surface area contributed by atoms with E-state index in [4.69, 9.17) is 10.1 Å². The summed E-state index contributed by atoms with van der Waals surface area (Å²) in [5.41, 5.74) is 1.32. The maximum atomic E-state index is 11.1. The highest BCUT2D eigenvalue weighted by atomic mass is 32.1. The minimum atomic E-state index is -0.718. The molecule has 2 unspecified atom stereocenters. The molecule has 2 atom stereocenters. The van der Waals surface area contributed by atoms with Crippen LogP contribution in [-0.4, -0.2) is 40.1 Å². The topological polar surface area (TPSA) is 53.4 Å². The number of thiazole rings is 1. The van der Waals surface area contributed by atoms with Gasteiger partial charge in [-0.3, -0.25) is 9.69 Å². The van der Waals surface area contributed by atoms with E-state index in [1.54, 1.807) is 6.92 Å². The first kappa shape index (κ1) is 14.0. The lowest BCUT2D eigenvalue weighted by Gasteiger charge is -2.34. The Hall–Kier alpha value is -0.940. The Morgan fingerprint density at radius 1 is 1.40 bits per heavy atom. The van der Waals surface area contributed by atoms with Gasteiger partial charge in [-0.05, 0) is 52.0 Å². The lowest BCUT2D eigenvalue weighted by molar-refractivity contribution is -0.143. The van der Waals surface area contributed by atoms with Crippen LogP contribution in [-0.2, 0) is 17.6 Å². The van der Waals surface area contributed by atoms with Crippen LogP contribution < -0.4 is 0 Å². The quantitative estimate of drug-likeness (QED) is 0.931. The zero-order chi connectivity index (χ0) is 14.1. The van der Waals surface area contributed by atoms with E-state index < -0.39 is 5.97 Å². The van der Waals surface area contributed by atoms with Gasteiger partial charge in [0.2, 0.25) is 0 Å². The van der Waals surface area contributed by atoms with Gasteiger partial charge in [0, 0.05) is 17.3 Å². The molecule has 1 fully saturated rings. The van der Waals surface area contributed by atoms with Gasteiger partial charge in [0.05, 0.1) is 10.7 Å². The molecule has 1 N–H and O–H groups in total. The molecule has 2 heterocycles. The molecule has 5 heteroatoms. The molecule has 0 radical (unpaired) electrons. The third-order valence-corrected chi connectivity index (χ3v) is 5.89. The zero-order valence-electron chi connectivity index (χ0n) is 12.0. The Balaban J connectivity index is 1.73. The van der Waals surface area contributed by atoms with Gasteiger partial charge >= 0.3 is 5.97 Å². The van der Waals surface area contributed by atoms with E-state index in [1.807, 2.05) is 11.3 Å². The van der Waals surface area contributed by atoms with Crippen LogP contribution >= 0.6 is 11.3 Å². The number of hydrogen-bond acceptors (Lipinski definition) is 4. The first-order valence-corrected chi connectivity index (χ1v) is 8.42. The molecule has 1 saturated heterocycles. The summed E-state index contributed by atoms with van der Waals surface area (Å²) in [6, 6.07) is -0.382. The normalized spacial score (nSPS) is 25.1. The molecule has 0 bridgehead atoms. The average molecular weight is 294 g/mol. The minimum Gasteiger partial charge on any atom is -0.480 e. The number of likely N-dealkylation sites (tertiary alicyclic amines) is 1. The summed E-state index contributed by atoms with van der Waals surface area (Å²) in [7, 11) is 0. The number of aryl methyl sites for hydroxylation is 2. The van der Waals surface area contributed by atoms with Crippen molar-refractivity contribution < 1.29 is 9.90 Å². The highest BCUT2D eigenvalue weighted by molar-refractivity contribution is 7.11. The lowest BCUT2D eigenvalue weighted by Crippen LogP contribution is -2.44. The fourth-order valence-corrected chi connectivity index (χ4v) is 4.54. The SMILES string of the molecule is CC(C(=O)O)N1CCCC(c2nc3c(s2)CCCC3)C1. The van der Waals surface area contributed by atoms with Crippen LogP contribution in [0.15, 0.2) is 0 Å². The molecule has 1 aromatic heterocycles. The second-order valence-electron chi connectivity index (χ2n) is 5.98. The average Bonchev–Trinajstić information content (AvgIpc) is 2.90. The molecule has 0 aromatic carbocycles. The summed E-state index contributed by atoms with van der Waals surface area (Å²) in [6.07, 6.45) is 7.11. The predicted molar refractivity (Wildman–Crippen MR) is 79.4 cm³/mol. The molecule has 3 rings (SSSR count). The van der Waals surface area contributed by atoms with Crippen molar-refractivity contribution >= 4 is 17.3 Å². The zero-order valence-corrected chi connectivity index (χ0v) is 12.8. The summed E-state index contributed by atoms with van der Waals surface area (Å²) in [5.74, 6) is -0.287. The molecular weight excluding hydrogens is 272 g/mol. The number of aliphatic carboxylic acids is 1. The van der Waals surface area contributed by atoms with Crippen molar-refractivity contribution in [1.82, 2.24) is 9.88 Å². The standard InChI is InChI=1S/C15H22N2O2S/c1-10(15(18)19)17-8-4-5-11(9-17)14-16-12-6-2-3-7-13(12)20-14/h10-11H,2-9H2,1H3,(H,18,19). The fourth-order valence-electron chi connectivity index (χ4n) is 3.26. The van der Waals surface area contributed by atoms with Crippen LogP contribution in [0.25, 0.3) is 0 Å². The number of carboxylic acids is 1. The molecule has 1 aliphatic carbocycles. The molecular formula is C15H22N2O2S. The molecule has 2 aliphatic rings. The summed E-state index contributed by atoms with van der Waals surface area (Å²) in [5, 5.41) is 10.4. The summed E-state index contributed by atoms with van der Waals surface area (Å²) < 4.78 is 0. The van der Waals surface area contributed by atoms with Gasteiger partial charge in [0.25, 0.3) is 0 Å². The number of carbonyl (C=O) groups is 1. The van der Waals surface area contributed by atoms with Crippen LogP contribution in [0, 0.1) is 0 Å². The van der Waals surface area contributed by atoms with E-state index in [-0.39, 0.29) is 6.04 Å². The number of piperidine rings is 1. The van der Waals surface area contributed by atoms with Crippen molar-refractivity contribution in [2.75, 3.05) is 13.1 Å². The van der Waals surface area contributed by atoms with E-state index in [0.717, 1.165) is 32.4 Å². The number of hydrogen-bond donors (Lipinski definition) is 1. The summed E-state index contributed by atoms with van der Waals surface area (Å²) in [6.45, 7) is 3.53. The molecule has 0 saturated carbocycles. The highest BCUT2D eigenvalue weighted by Crippen LogP contribution is 2.35. The van der Waals surface area contributed by atoms with Gasteiger partial charge in [-0.15, -0.1) is 11.3 Å². The van der Waals surface area contributed by atoms with Gasteiger partial charge in [0.15, 0.2) is 0 Å². The van der Waals surface area contributed by atoms with E-state index in [2.05, 4.69) is 4.90 Å². The Morgan fingerprint density at radius 3 is 2.95 bits per heavy atom. The van der Waals surface area contributed by atoms with Crippen LogP contribution in [0.3, 0.4) is 0 Å². The second kappa shape index (κ2) is 5.82. The van der Waals surface area contributed by atoms with Crippen LogP contribution in [0.5, 0.6) is 0 Å². The third kappa shape index (κ3) is 2.74. The molecule has 110 valence electrons. The number of carboxylic acid groups (broad SMARTS) is 1. The van der Waals surface area contributed by atoms with Crippen molar-refractivity contribution in [3.63, 3.8) is 0 Å². The lowest BCUT2D eigenvalue weighted by atomic mass is 9.97. The van der Waals surface area contributed by atoms with E-state index in [1.165, 1.54) is 34.8 Å². The minimum absolute atomic E-state index is 0.382. The largest absolute Gasteiger partial charge is 0.480 e. The summed E-state index contributed by atoms with van der Waals surface area (Å²) in [4.78, 5) is 19.6. The van der Waals surface area contributed by atoms with E-state index in [9.17, 15) is 4.79 Å². The molecule has 20 heavy (non-hydrogen) atoms. The highest BCUT2D eigenvalue weighted by Gasteiger charge is 2.30. The Bertz CT molecular complexity index is 477. The molecule has 0 spiro atoms. The molecule has 1 aromatic rings.